The van der Waals surface area contributed by atoms with Gasteiger partial charge in [-0.1, -0.05) is 42.5 Å². The molecule has 0 amide bonds. The van der Waals surface area contributed by atoms with Crippen molar-refractivity contribution in [2.75, 3.05) is 0 Å². The van der Waals surface area contributed by atoms with E-state index < -0.39 is 0 Å². The van der Waals surface area contributed by atoms with Gasteiger partial charge in [0, 0.05) is 75.3 Å². The molecule has 5 aromatic heterocycles. The van der Waals surface area contributed by atoms with E-state index in [-0.39, 0.29) is 0 Å². The summed E-state index contributed by atoms with van der Waals surface area (Å²) >= 11 is 1.91. The van der Waals surface area contributed by atoms with Gasteiger partial charge in [-0.15, -0.1) is 11.3 Å². The second-order valence-electron chi connectivity index (χ2n) is 11.3. The van der Waals surface area contributed by atoms with Crippen LogP contribution in [0.3, 0.4) is 0 Å². The molecule has 0 saturated heterocycles. The Kier molecular flexibility index (Phi) is 6.58. The Balaban J connectivity index is 1.21. The van der Waals surface area contributed by atoms with Crippen molar-refractivity contribution in [2.45, 2.75) is 26.2 Å². The normalized spacial score (nSPS) is 12.7. The first-order valence-electron chi connectivity index (χ1n) is 14.8. The molecule has 0 radical (unpaired) electrons. The van der Waals surface area contributed by atoms with Crippen LogP contribution in [0.1, 0.15) is 21.6 Å². The molecule has 14 rings (SSSR count). The van der Waals surface area contributed by atoms with Gasteiger partial charge in [-0.25, -0.2) is 13.7 Å². The number of rotatable bonds is 0. The summed E-state index contributed by atoms with van der Waals surface area (Å²) in [5.41, 5.74) is 8.97. The number of hydrogen-bond donors (Lipinski definition) is 0. The summed E-state index contributed by atoms with van der Waals surface area (Å²) in [6.07, 6.45) is 17.6. The largest absolute Gasteiger partial charge is 0.201 e. The summed E-state index contributed by atoms with van der Waals surface area (Å²) in [6.45, 7) is 3.37. The fourth-order valence-corrected chi connectivity index (χ4v) is 7.30. The molecule has 12 heterocycles. The van der Waals surface area contributed by atoms with Crippen molar-refractivity contribution < 1.29 is 18.3 Å². The average molecular weight is 577 g/mol. The molecule has 0 atom stereocenters. The predicted molar refractivity (Wildman–Crippen MR) is 169 cm³/mol. The fourth-order valence-electron chi connectivity index (χ4n) is 6.08. The van der Waals surface area contributed by atoms with Crippen LogP contribution in [0.4, 0.5) is 0 Å². The number of benzene rings is 2. The molecule has 7 aliphatic heterocycles. The number of nitrogens with zero attached hydrogens (tertiary/aromatic N) is 4. The molecule has 206 valence electrons. The van der Waals surface area contributed by atoms with E-state index in [1.165, 1.54) is 53.9 Å². The molecule has 0 spiro atoms. The molecule has 4 nitrogen and oxygen atoms in total. The summed E-state index contributed by atoms with van der Waals surface area (Å²) in [7, 11) is 0. The van der Waals surface area contributed by atoms with E-state index in [0.717, 1.165) is 26.2 Å². The van der Waals surface area contributed by atoms with E-state index in [0.29, 0.717) is 0 Å². The van der Waals surface area contributed by atoms with Crippen molar-refractivity contribution in [3.05, 3.63) is 168 Å². The first kappa shape index (κ1) is 25.7. The van der Waals surface area contributed by atoms with Crippen LogP contribution in [0, 0.1) is 0 Å². The van der Waals surface area contributed by atoms with Gasteiger partial charge in [0.1, 0.15) is 0 Å². The van der Waals surface area contributed by atoms with Crippen LogP contribution in [0.25, 0.3) is 32.3 Å². The van der Waals surface area contributed by atoms with Gasteiger partial charge in [-0.05, 0) is 28.3 Å². The van der Waals surface area contributed by atoms with Gasteiger partial charge in [-0.3, -0.25) is 0 Å². The van der Waals surface area contributed by atoms with Crippen LogP contribution in [-0.4, -0.2) is 0 Å². The van der Waals surface area contributed by atoms with E-state index in [1.54, 1.807) is 0 Å². The van der Waals surface area contributed by atoms with Crippen molar-refractivity contribution in [1.82, 2.24) is 0 Å². The molecule has 7 aromatic rings. The number of thiophene rings is 1. The summed E-state index contributed by atoms with van der Waals surface area (Å²) in [4.78, 5) is 1.40. The van der Waals surface area contributed by atoms with Crippen LogP contribution < -0.4 is 18.3 Å². The molecule has 0 saturated carbocycles. The zero-order chi connectivity index (χ0) is 28.6. The zero-order valence-corrected chi connectivity index (χ0v) is 24.7. The zero-order valence-electron chi connectivity index (χ0n) is 23.9. The summed E-state index contributed by atoms with van der Waals surface area (Å²) < 4.78 is 10.5. The van der Waals surface area contributed by atoms with Gasteiger partial charge in [-0.2, -0.15) is 4.57 Å². The standard InChI is InChI=1S/C38H32N4S/c1-2-6-34-26-40-19-11-30(12-20-40)32-15-23-42(24-16-32)28-38-36(35-7-3-4-8-37(35)43-38)27-41-21-13-31(14-22-41)29-9-17-39(18-10-29)25-33(34)5-1/h1-24H,25-28H2/q+4. The van der Waals surface area contributed by atoms with Crippen LogP contribution >= 0.6 is 11.3 Å². The molecular weight excluding hydrogens is 545 g/mol. The van der Waals surface area contributed by atoms with Gasteiger partial charge in [0.05, 0.1) is 4.88 Å². The predicted octanol–water partition coefficient (Wildman–Crippen LogP) is 5.89. The number of hydrogen-bond acceptors (Lipinski definition) is 1. The number of pyridine rings is 4. The van der Waals surface area contributed by atoms with Crippen molar-refractivity contribution in [1.29, 1.82) is 0 Å². The third kappa shape index (κ3) is 5.24. The highest BCUT2D eigenvalue weighted by Gasteiger charge is 2.20. The smallest absolute Gasteiger partial charge is 0.183 e. The van der Waals surface area contributed by atoms with Crippen LogP contribution in [0.2, 0.25) is 0 Å². The molecule has 8 bridgehead atoms. The highest BCUT2D eigenvalue weighted by Crippen LogP contribution is 2.31. The highest BCUT2D eigenvalue weighted by atomic mass is 32.1. The van der Waals surface area contributed by atoms with Crippen LogP contribution in [-0.2, 0) is 26.2 Å². The van der Waals surface area contributed by atoms with E-state index in [2.05, 4.69) is 165 Å². The lowest BCUT2D eigenvalue weighted by Crippen LogP contribution is -2.37. The third-order valence-electron chi connectivity index (χ3n) is 8.50. The molecule has 43 heavy (non-hydrogen) atoms. The second-order valence-corrected chi connectivity index (χ2v) is 12.4. The molecule has 5 heteroatoms. The Bertz CT molecular complexity index is 2040. The summed E-state index contributed by atoms with van der Waals surface area (Å²) in [6, 6.07) is 35.4. The topological polar surface area (TPSA) is 15.5 Å². The first-order chi connectivity index (χ1) is 21.2. The van der Waals surface area contributed by atoms with Crippen LogP contribution in [0.15, 0.2) is 147 Å². The van der Waals surface area contributed by atoms with Crippen molar-refractivity contribution in [3.8, 4) is 22.3 Å². The Hall–Kier alpha value is -5.00. The van der Waals surface area contributed by atoms with Gasteiger partial charge >= 0.3 is 0 Å². The lowest BCUT2D eigenvalue weighted by atomic mass is 10.1. The first-order valence-corrected chi connectivity index (χ1v) is 15.6. The van der Waals surface area contributed by atoms with Gasteiger partial charge in [0.15, 0.2) is 75.8 Å². The number of fused-ring (bicyclic) bond motifs is 1. The van der Waals surface area contributed by atoms with E-state index >= 15 is 0 Å². The van der Waals surface area contributed by atoms with Gasteiger partial charge in [0.2, 0.25) is 0 Å². The quantitative estimate of drug-likeness (QED) is 0.200. The molecule has 0 aliphatic carbocycles. The minimum Gasteiger partial charge on any atom is -0.201 e. The molecule has 0 fully saturated rings. The minimum absolute atomic E-state index is 0.838. The van der Waals surface area contributed by atoms with E-state index in [9.17, 15) is 0 Å². The van der Waals surface area contributed by atoms with Gasteiger partial charge < -0.3 is 0 Å². The Morgan fingerprint density at radius 3 is 1.28 bits per heavy atom. The second kappa shape index (κ2) is 11.0. The Morgan fingerprint density at radius 2 is 0.791 bits per heavy atom. The Morgan fingerprint density at radius 1 is 0.395 bits per heavy atom. The maximum Gasteiger partial charge on any atom is 0.183 e. The maximum atomic E-state index is 2.30. The molecule has 0 unspecified atom stereocenters. The van der Waals surface area contributed by atoms with Crippen molar-refractivity contribution >= 4 is 21.4 Å². The highest BCUT2D eigenvalue weighted by molar-refractivity contribution is 7.19. The lowest BCUT2D eigenvalue weighted by Gasteiger charge is -2.07. The van der Waals surface area contributed by atoms with Crippen molar-refractivity contribution in [2.24, 2.45) is 0 Å². The number of aromatic nitrogens is 4. The third-order valence-corrected chi connectivity index (χ3v) is 9.70. The maximum absolute atomic E-state index is 2.30. The summed E-state index contributed by atoms with van der Waals surface area (Å²) in [5.74, 6) is 0. The summed E-state index contributed by atoms with van der Waals surface area (Å²) in [5, 5.41) is 1.35. The molecule has 0 N–H and O–H groups in total. The van der Waals surface area contributed by atoms with Crippen LogP contribution in [0.5, 0.6) is 0 Å². The van der Waals surface area contributed by atoms with E-state index in [1.807, 2.05) is 11.3 Å². The molecule has 2 aromatic carbocycles. The minimum atomic E-state index is 0.838. The van der Waals surface area contributed by atoms with E-state index in [4.69, 9.17) is 0 Å². The lowest BCUT2D eigenvalue weighted by molar-refractivity contribution is -0.693. The molecule has 7 aliphatic rings. The monoisotopic (exact) mass is 576 g/mol. The fraction of sp³-hybridized carbons (Fsp3) is 0.105. The van der Waals surface area contributed by atoms with Crippen molar-refractivity contribution in [3.63, 3.8) is 0 Å². The molecular formula is C38H32N4S+4. The Labute approximate surface area is 255 Å². The van der Waals surface area contributed by atoms with Gasteiger partial charge in [0.25, 0.3) is 0 Å². The SMILES string of the molecule is c1ccc2c(c1)C[n+]1ccc(cc1)-c1cc[n+](cc1)Cc1sc3ccccc3c1C[n+]1ccc(cc1)-c1cc[n+](cc1)C2. The average Bonchev–Trinajstić information content (AvgIpc) is 3.39.